The quantitative estimate of drug-likeness (QED) is 0.751. The van der Waals surface area contributed by atoms with Gasteiger partial charge in [-0.25, -0.2) is 0 Å². The molecular weight excluding hydrogens is 188 g/mol. The van der Waals surface area contributed by atoms with E-state index in [4.69, 9.17) is 0 Å². The van der Waals surface area contributed by atoms with Crippen molar-refractivity contribution in [3.05, 3.63) is 35.4 Å². The van der Waals surface area contributed by atoms with Gasteiger partial charge in [-0.15, -0.1) is 0 Å². The predicted molar refractivity (Wildman–Crippen MR) is 60.6 cm³/mol. The second-order valence-electron chi connectivity index (χ2n) is 4.14. The zero-order chi connectivity index (χ0) is 11.3. The molecule has 0 spiro atoms. The molecule has 0 saturated heterocycles. The largest absolute Gasteiger partial charge is 0.388 e. The van der Waals surface area contributed by atoms with E-state index < -0.39 is 6.10 Å². The summed E-state index contributed by atoms with van der Waals surface area (Å²) in [7, 11) is 0. The van der Waals surface area contributed by atoms with E-state index in [-0.39, 0.29) is 5.92 Å². The third-order valence-corrected chi connectivity index (χ3v) is 2.50. The van der Waals surface area contributed by atoms with Crippen LogP contribution in [0, 0.1) is 5.92 Å². The van der Waals surface area contributed by atoms with E-state index in [1.165, 1.54) is 0 Å². The SMILES string of the molecule is CC(C)C(O)c1ccc(CCC=O)cc1. The number of aryl methyl sites for hydroxylation is 1. The van der Waals surface area contributed by atoms with Gasteiger partial charge in [0.05, 0.1) is 6.10 Å². The molecule has 0 bridgehead atoms. The molecule has 0 amide bonds. The third kappa shape index (κ3) is 3.48. The zero-order valence-electron chi connectivity index (χ0n) is 9.31. The Morgan fingerprint density at radius 3 is 2.33 bits per heavy atom. The molecule has 0 fully saturated rings. The molecule has 0 saturated carbocycles. The Morgan fingerprint density at radius 1 is 1.27 bits per heavy atom. The fourth-order valence-corrected chi connectivity index (χ4v) is 1.49. The van der Waals surface area contributed by atoms with Crippen LogP contribution < -0.4 is 0 Å². The summed E-state index contributed by atoms with van der Waals surface area (Å²) >= 11 is 0. The third-order valence-electron chi connectivity index (χ3n) is 2.50. The van der Waals surface area contributed by atoms with Gasteiger partial charge in [0.25, 0.3) is 0 Å². The monoisotopic (exact) mass is 206 g/mol. The van der Waals surface area contributed by atoms with Crippen molar-refractivity contribution in [2.24, 2.45) is 5.92 Å². The molecule has 0 aliphatic heterocycles. The Balaban J connectivity index is 2.67. The van der Waals surface area contributed by atoms with Gasteiger partial charge >= 0.3 is 0 Å². The van der Waals surface area contributed by atoms with Crippen LogP contribution in [0.4, 0.5) is 0 Å². The lowest BCUT2D eigenvalue weighted by molar-refractivity contribution is -0.107. The summed E-state index contributed by atoms with van der Waals surface area (Å²) in [5.41, 5.74) is 2.08. The first-order valence-corrected chi connectivity index (χ1v) is 5.35. The summed E-state index contributed by atoms with van der Waals surface area (Å²) in [5, 5.41) is 9.81. The highest BCUT2D eigenvalue weighted by atomic mass is 16.3. The van der Waals surface area contributed by atoms with Crippen LogP contribution in [0.5, 0.6) is 0 Å². The normalized spacial score (nSPS) is 12.8. The molecule has 2 nitrogen and oxygen atoms in total. The number of rotatable bonds is 5. The maximum absolute atomic E-state index is 10.2. The van der Waals surface area contributed by atoms with Crippen molar-refractivity contribution in [3.8, 4) is 0 Å². The molecule has 1 atom stereocenters. The molecule has 1 aromatic carbocycles. The lowest BCUT2D eigenvalue weighted by Crippen LogP contribution is -2.05. The van der Waals surface area contributed by atoms with Crippen molar-refractivity contribution in [3.63, 3.8) is 0 Å². The lowest BCUT2D eigenvalue weighted by atomic mass is 9.97. The highest BCUT2D eigenvalue weighted by Crippen LogP contribution is 2.21. The van der Waals surface area contributed by atoms with Crippen molar-refractivity contribution >= 4 is 6.29 Å². The summed E-state index contributed by atoms with van der Waals surface area (Å²) in [5.74, 6) is 0.228. The molecule has 0 aliphatic rings. The summed E-state index contributed by atoms with van der Waals surface area (Å²) in [6.07, 6.45) is 1.87. The highest BCUT2D eigenvalue weighted by molar-refractivity contribution is 5.50. The van der Waals surface area contributed by atoms with Gasteiger partial charge in [0.1, 0.15) is 6.29 Å². The van der Waals surface area contributed by atoms with Gasteiger partial charge in [-0.2, -0.15) is 0 Å². The van der Waals surface area contributed by atoms with Crippen LogP contribution >= 0.6 is 0 Å². The van der Waals surface area contributed by atoms with Crippen LogP contribution in [0.1, 0.15) is 37.5 Å². The van der Waals surface area contributed by atoms with Crippen molar-refractivity contribution in [2.75, 3.05) is 0 Å². The van der Waals surface area contributed by atoms with E-state index in [1.54, 1.807) is 0 Å². The van der Waals surface area contributed by atoms with Gasteiger partial charge in [-0.05, 0) is 23.5 Å². The first-order chi connectivity index (χ1) is 7.15. The van der Waals surface area contributed by atoms with Gasteiger partial charge in [0.2, 0.25) is 0 Å². The van der Waals surface area contributed by atoms with E-state index in [2.05, 4.69) is 0 Å². The van der Waals surface area contributed by atoms with Crippen molar-refractivity contribution in [2.45, 2.75) is 32.8 Å². The Morgan fingerprint density at radius 2 is 1.87 bits per heavy atom. The van der Waals surface area contributed by atoms with Crippen LogP contribution in [-0.2, 0) is 11.2 Å². The smallest absolute Gasteiger partial charge is 0.120 e. The van der Waals surface area contributed by atoms with Crippen LogP contribution in [0.15, 0.2) is 24.3 Å². The van der Waals surface area contributed by atoms with Crippen molar-refractivity contribution < 1.29 is 9.90 Å². The summed E-state index contributed by atoms with van der Waals surface area (Å²) in [6, 6.07) is 7.82. The first kappa shape index (κ1) is 11.9. The molecule has 1 rings (SSSR count). The van der Waals surface area contributed by atoms with Crippen LogP contribution in [0.2, 0.25) is 0 Å². The Bertz CT molecular complexity index is 301. The topological polar surface area (TPSA) is 37.3 Å². The molecule has 1 unspecified atom stereocenters. The van der Waals surface area contributed by atoms with E-state index >= 15 is 0 Å². The van der Waals surface area contributed by atoms with Gasteiger partial charge < -0.3 is 9.90 Å². The molecule has 15 heavy (non-hydrogen) atoms. The molecule has 2 heteroatoms. The van der Waals surface area contributed by atoms with Crippen LogP contribution in [0.25, 0.3) is 0 Å². The van der Waals surface area contributed by atoms with E-state index in [0.29, 0.717) is 6.42 Å². The number of carbonyl (C=O) groups is 1. The minimum Gasteiger partial charge on any atom is -0.388 e. The first-order valence-electron chi connectivity index (χ1n) is 5.35. The number of hydrogen-bond acceptors (Lipinski definition) is 2. The molecule has 82 valence electrons. The molecule has 1 N–H and O–H groups in total. The predicted octanol–water partition coefficient (Wildman–Crippen LogP) is 2.51. The molecule has 1 aromatic rings. The summed E-state index contributed by atoms with van der Waals surface area (Å²) < 4.78 is 0. The van der Waals surface area contributed by atoms with Crippen LogP contribution in [-0.4, -0.2) is 11.4 Å². The average molecular weight is 206 g/mol. The number of carbonyl (C=O) groups excluding carboxylic acids is 1. The van der Waals surface area contributed by atoms with Gasteiger partial charge in [0, 0.05) is 6.42 Å². The summed E-state index contributed by atoms with van der Waals surface area (Å²) in [4.78, 5) is 10.2. The molecular formula is C13H18O2. The van der Waals surface area contributed by atoms with Gasteiger partial charge in [-0.3, -0.25) is 0 Å². The summed E-state index contributed by atoms with van der Waals surface area (Å²) in [6.45, 7) is 3.98. The highest BCUT2D eigenvalue weighted by Gasteiger charge is 2.11. The number of aliphatic hydroxyl groups is 1. The lowest BCUT2D eigenvalue weighted by Gasteiger charge is -2.14. The second-order valence-corrected chi connectivity index (χ2v) is 4.14. The number of benzene rings is 1. The maximum Gasteiger partial charge on any atom is 0.120 e. The van der Waals surface area contributed by atoms with E-state index in [0.717, 1.165) is 23.8 Å². The van der Waals surface area contributed by atoms with Gasteiger partial charge in [0.15, 0.2) is 0 Å². The number of aldehydes is 1. The fourth-order valence-electron chi connectivity index (χ4n) is 1.49. The minimum absolute atomic E-state index is 0.228. The number of hydrogen-bond donors (Lipinski definition) is 1. The van der Waals surface area contributed by atoms with Gasteiger partial charge in [-0.1, -0.05) is 38.1 Å². The van der Waals surface area contributed by atoms with Crippen LogP contribution in [0.3, 0.4) is 0 Å². The molecule has 0 aromatic heterocycles. The second kappa shape index (κ2) is 5.66. The van der Waals surface area contributed by atoms with Crippen molar-refractivity contribution in [1.29, 1.82) is 0 Å². The maximum atomic E-state index is 10.2. The Kier molecular flexibility index (Phi) is 4.50. The number of aliphatic hydroxyl groups excluding tert-OH is 1. The van der Waals surface area contributed by atoms with E-state index in [9.17, 15) is 9.90 Å². The molecule has 0 aliphatic carbocycles. The zero-order valence-corrected chi connectivity index (χ0v) is 9.31. The van der Waals surface area contributed by atoms with Crippen molar-refractivity contribution in [1.82, 2.24) is 0 Å². The molecule has 0 radical (unpaired) electrons. The Hall–Kier alpha value is -1.15. The standard InChI is InChI=1S/C13H18O2/c1-10(2)13(15)12-7-5-11(6-8-12)4-3-9-14/h5-10,13,15H,3-4H2,1-2H3. The average Bonchev–Trinajstić information content (AvgIpc) is 2.26. The van der Waals surface area contributed by atoms with E-state index in [1.807, 2.05) is 38.1 Å². The minimum atomic E-state index is -0.398. The molecule has 0 heterocycles. The fraction of sp³-hybridized carbons (Fsp3) is 0.462. The Labute approximate surface area is 90.9 Å².